The highest BCUT2D eigenvalue weighted by Gasteiger charge is 2.24. The van der Waals surface area contributed by atoms with Crippen LogP contribution in [0.5, 0.6) is 0 Å². The lowest BCUT2D eigenvalue weighted by Gasteiger charge is -2.22. The zero-order valence-electron chi connectivity index (χ0n) is 17.9. The van der Waals surface area contributed by atoms with Gasteiger partial charge in [0.25, 0.3) is 10.0 Å². The van der Waals surface area contributed by atoms with Crippen molar-refractivity contribution in [1.29, 1.82) is 0 Å². The van der Waals surface area contributed by atoms with Gasteiger partial charge in [0, 0.05) is 5.56 Å². The lowest BCUT2D eigenvalue weighted by molar-refractivity contribution is 0.443. The second-order valence-electron chi connectivity index (χ2n) is 8.97. The lowest BCUT2D eigenvalue weighted by atomic mass is 9.87. The fourth-order valence-electron chi connectivity index (χ4n) is 3.69. The second kappa shape index (κ2) is 8.70. The number of hydrogen-bond acceptors (Lipinski definition) is 3. The van der Waals surface area contributed by atoms with E-state index in [9.17, 15) is 8.42 Å². The molecule has 5 heteroatoms. The molecule has 156 valence electrons. The number of benzene rings is 2. The van der Waals surface area contributed by atoms with E-state index in [-0.39, 0.29) is 11.5 Å². The summed E-state index contributed by atoms with van der Waals surface area (Å²) in [6.07, 6.45) is 5.55. The Morgan fingerprint density at radius 1 is 1.00 bits per heavy atom. The maximum Gasteiger partial charge on any atom is 0.263 e. The molecule has 2 aromatic carbocycles. The Morgan fingerprint density at radius 2 is 1.66 bits per heavy atom. The molecule has 0 atom stereocenters. The highest BCUT2D eigenvalue weighted by Crippen LogP contribution is 2.27. The molecule has 0 radical (unpaired) electrons. The Bertz CT molecular complexity index is 968. The van der Waals surface area contributed by atoms with Crippen LogP contribution in [0, 0.1) is 6.92 Å². The quantitative estimate of drug-likeness (QED) is 0.543. The maximum atomic E-state index is 13.4. The number of aryl methyl sites for hydroxylation is 1. The van der Waals surface area contributed by atoms with Gasteiger partial charge >= 0.3 is 0 Å². The van der Waals surface area contributed by atoms with E-state index in [4.69, 9.17) is 4.99 Å². The molecule has 0 bridgehead atoms. The van der Waals surface area contributed by atoms with Crippen LogP contribution in [0.1, 0.15) is 69.6 Å². The highest BCUT2D eigenvalue weighted by molar-refractivity contribution is 7.90. The minimum Gasteiger partial charge on any atom is -0.264 e. The summed E-state index contributed by atoms with van der Waals surface area (Å²) in [5.74, 6) is 0.443. The summed E-state index contributed by atoms with van der Waals surface area (Å²) in [5, 5.41) is 0. The number of sulfonamides is 1. The van der Waals surface area contributed by atoms with Crippen molar-refractivity contribution in [3.05, 3.63) is 65.2 Å². The van der Waals surface area contributed by atoms with Gasteiger partial charge in [-0.3, -0.25) is 9.71 Å². The topological polar surface area (TPSA) is 58.5 Å². The summed E-state index contributed by atoms with van der Waals surface area (Å²) in [7, 11) is -3.75. The zero-order valence-corrected chi connectivity index (χ0v) is 18.7. The Balaban J connectivity index is 1.99. The van der Waals surface area contributed by atoms with Crippen molar-refractivity contribution in [2.45, 2.75) is 76.2 Å². The predicted octanol–water partition coefficient (Wildman–Crippen LogP) is 5.35. The van der Waals surface area contributed by atoms with Gasteiger partial charge in [-0.2, -0.15) is 0 Å². The van der Waals surface area contributed by atoms with E-state index in [1.54, 1.807) is 6.07 Å². The van der Waals surface area contributed by atoms with E-state index in [1.165, 1.54) is 6.42 Å². The third kappa shape index (κ3) is 5.47. The molecule has 0 aliphatic heterocycles. The standard InChI is InChI=1S/C24H32N2O2S/c1-18-15-16-20(24(2,3)4)17-22(18)29(27,28)26-23(19-11-7-5-8-12-19)25-21-13-9-6-10-14-21/h5,7-8,11-12,15-17,21H,6,9-10,13-14H2,1-4H3,(H,25,26). The van der Waals surface area contributed by atoms with Gasteiger partial charge in [-0.05, 0) is 42.4 Å². The number of amidine groups is 1. The fourth-order valence-corrected chi connectivity index (χ4v) is 5.00. The molecule has 0 spiro atoms. The maximum absolute atomic E-state index is 13.4. The summed E-state index contributed by atoms with van der Waals surface area (Å²) in [5.41, 5.74) is 2.40. The number of nitrogens with one attached hydrogen (secondary N) is 1. The van der Waals surface area contributed by atoms with E-state index in [0.29, 0.717) is 10.7 Å². The Kier molecular flexibility index (Phi) is 6.47. The van der Waals surface area contributed by atoms with E-state index >= 15 is 0 Å². The normalized spacial score (nSPS) is 16.6. The third-order valence-corrected chi connectivity index (χ3v) is 6.99. The van der Waals surface area contributed by atoms with Crippen LogP contribution in [0.4, 0.5) is 0 Å². The number of aliphatic imine (C=N–C) groups is 1. The van der Waals surface area contributed by atoms with Crippen LogP contribution in [0.25, 0.3) is 0 Å². The summed E-state index contributed by atoms with van der Waals surface area (Å²) >= 11 is 0. The first-order chi connectivity index (χ1) is 13.7. The molecule has 1 aliphatic carbocycles. The van der Waals surface area contributed by atoms with Gasteiger partial charge < -0.3 is 0 Å². The van der Waals surface area contributed by atoms with Crippen molar-refractivity contribution >= 4 is 15.9 Å². The predicted molar refractivity (Wildman–Crippen MR) is 120 cm³/mol. The molecule has 0 saturated heterocycles. The molecule has 0 amide bonds. The van der Waals surface area contributed by atoms with Crippen LogP contribution in [0.3, 0.4) is 0 Å². The first-order valence-electron chi connectivity index (χ1n) is 10.4. The summed E-state index contributed by atoms with van der Waals surface area (Å²) < 4.78 is 29.5. The Morgan fingerprint density at radius 3 is 2.28 bits per heavy atom. The molecule has 1 N–H and O–H groups in total. The average Bonchev–Trinajstić information content (AvgIpc) is 2.68. The molecular weight excluding hydrogens is 380 g/mol. The van der Waals surface area contributed by atoms with Crippen molar-refractivity contribution in [2.75, 3.05) is 0 Å². The van der Waals surface area contributed by atoms with Crippen LogP contribution in [-0.2, 0) is 15.4 Å². The second-order valence-corrected chi connectivity index (χ2v) is 10.6. The van der Waals surface area contributed by atoms with Gasteiger partial charge in [0.1, 0.15) is 5.84 Å². The highest BCUT2D eigenvalue weighted by atomic mass is 32.2. The molecule has 29 heavy (non-hydrogen) atoms. The zero-order chi connectivity index (χ0) is 21.1. The summed E-state index contributed by atoms with van der Waals surface area (Å²) in [4.78, 5) is 5.16. The lowest BCUT2D eigenvalue weighted by Crippen LogP contribution is -2.33. The van der Waals surface area contributed by atoms with E-state index in [0.717, 1.165) is 42.4 Å². The number of rotatable bonds is 4. The van der Waals surface area contributed by atoms with Gasteiger partial charge in [-0.1, -0.05) is 82.5 Å². The van der Waals surface area contributed by atoms with Crippen LogP contribution in [-0.4, -0.2) is 20.3 Å². The van der Waals surface area contributed by atoms with E-state index < -0.39 is 10.0 Å². The first-order valence-corrected chi connectivity index (χ1v) is 11.9. The van der Waals surface area contributed by atoms with Crippen molar-refractivity contribution in [3.8, 4) is 0 Å². The van der Waals surface area contributed by atoms with Gasteiger partial charge in [-0.15, -0.1) is 0 Å². The Labute approximate surface area is 175 Å². The van der Waals surface area contributed by atoms with Crippen LogP contribution in [0.15, 0.2) is 58.4 Å². The molecule has 3 rings (SSSR count). The number of hydrogen-bond donors (Lipinski definition) is 1. The van der Waals surface area contributed by atoms with Gasteiger partial charge in [0.15, 0.2) is 0 Å². The van der Waals surface area contributed by atoms with Gasteiger partial charge in [0.05, 0.1) is 10.9 Å². The molecule has 2 aromatic rings. The molecule has 0 heterocycles. The van der Waals surface area contributed by atoms with E-state index in [1.807, 2.05) is 49.4 Å². The van der Waals surface area contributed by atoms with Crippen molar-refractivity contribution < 1.29 is 8.42 Å². The van der Waals surface area contributed by atoms with Crippen molar-refractivity contribution in [3.63, 3.8) is 0 Å². The third-order valence-electron chi connectivity index (χ3n) is 5.51. The fraction of sp³-hybridized carbons (Fsp3) is 0.458. The number of nitrogens with zero attached hydrogens (tertiary/aromatic N) is 1. The molecule has 0 aromatic heterocycles. The molecule has 0 unspecified atom stereocenters. The SMILES string of the molecule is Cc1ccc(C(C)(C)C)cc1S(=O)(=O)NC(=NC1CCCCC1)c1ccccc1. The van der Waals surface area contributed by atoms with Crippen LogP contribution < -0.4 is 4.72 Å². The summed E-state index contributed by atoms with van der Waals surface area (Å²) in [6.45, 7) is 8.09. The average molecular weight is 413 g/mol. The first kappa shape index (κ1) is 21.6. The van der Waals surface area contributed by atoms with Crippen molar-refractivity contribution in [1.82, 2.24) is 4.72 Å². The molecule has 1 saturated carbocycles. The van der Waals surface area contributed by atoms with Gasteiger partial charge in [0.2, 0.25) is 0 Å². The van der Waals surface area contributed by atoms with Crippen LogP contribution in [0.2, 0.25) is 0 Å². The minimum absolute atomic E-state index is 0.129. The molecular formula is C24H32N2O2S. The monoisotopic (exact) mass is 412 g/mol. The largest absolute Gasteiger partial charge is 0.264 e. The minimum atomic E-state index is -3.75. The molecule has 1 fully saturated rings. The molecule has 4 nitrogen and oxygen atoms in total. The van der Waals surface area contributed by atoms with Crippen molar-refractivity contribution in [2.24, 2.45) is 4.99 Å². The molecule has 1 aliphatic rings. The Hall–Kier alpha value is -2.14. The van der Waals surface area contributed by atoms with Crippen LogP contribution >= 0.6 is 0 Å². The van der Waals surface area contributed by atoms with Gasteiger partial charge in [-0.25, -0.2) is 8.42 Å². The van der Waals surface area contributed by atoms with E-state index in [2.05, 4.69) is 25.5 Å². The smallest absolute Gasteiger partial charge is 0.263 e. The summed E-state index contributed by atoms with van der Waals surface area (Å²) in [6, 6.07) is 15.4.